The average Bonchev–Trinajstić information content (AvgIpc) is 4.01. The zero-order valence-corrected chi connectivity index (χ0v) is 43.1. The summed E-state index contributed by atoms with van der Waals surface area (Å²) in [6, 6.07) is 31.9. The summed E-state index contributed by atoms with van der Waals surface area (Å²) in [6.07, 6.45) is 10.3. The largest absolute Gasteiger partial charge is 0.445 e. The van der Waals surface area contributed by atoms with E-state index in [1.54, 1.807) is 6.20 Å². The van der Waals surface area contributed by atoms with Crippen LogP contribution in [0.25, 0.3) is 44.6 Å². The monoisotopic (exact) mass is 1000 g/mol. The van der Waals surface area contributed by atoms with Gasteiger partial charge in [-0.3, -0.25) is 10.2 Å². The summed E-state index contributed by atoms with van der Waals surface area (Å²) in [6.45, 7) is 12.7. The fourth-order valence-corrected chi connectivity index (χ4v) is 9.86. The van der Waals surface area contributed by atoms with E-state index in [0.717, 1.165) is 129 Å². The number of para-hydroxylation sites is 2. The third-order valence-corrected chi connectivity index (χ3v) is 13.7. The Balaban J connectivity index is 0.000000161. The van der Waals surface area contributed by atoms with Crippen LogP contribution in [0.15, 0.2) is 109 Å². The SMILES string of the molecule is C[C@]1(NC(=O)OCc2ccccc2)CCC[C@@H](N)C1.Cc1cnc(Cl)nc1-c1[nH]nc2c(C)cccc12.Cc1cnc(N[C@@H]2CCC[C@](C)(NC(=O)OCc3ccccc3)C2)nc1-c1[nH]nc2c(C)cccc12. The minimum absolute atomic E-state index is 0.134. The Morgan fingerprint density at radius 2 is 1.14 bits per heavy atom. The van der Waals surface area contributed by atoms with Gasteiger partial charge in [0.25, 0.3) is 0 Å². The van der Waals surface area contributed by atoms with Crippen molar-refractivity contribution in [1.29, 1.82) is 0 Å². The molecule has 2 aliphatic rings. The molecule has 2 aliphatic carbocycles. The number of alkyl carbamates (subject to hydrolysis) is 2. The van der Waals surface area contributed by atoms with Gasteiger partial charge in [0.1, 0.15) is 13.2 Å². The van der Waals surface area contributed by atoms with Gasteiger partial charge >= 0.3 is 12.2 Å². The summed E-state index contributed by atoms with van der Waals surface area (Å²) in [5, 5.41) is 26.9. The van der Waals surface area contributed by atoms with Crippen LogP contribution in [0, 0.1) is 27.7 Å². The summed E-state index contributed by atoms with van der Waals surface area (Å²) < 4.78 is 10.7. The molecule has 0 unspecified atom stereocenters. The minimum atomic E-state index is -0.391. The number of aryl methyl sites for hydroxylation is 4. The van der Waals surface area contributed by atoms with Gasteiger partial charge in [-0.2, -0.15) is 10.2 Å². The molecule has 17 heteroatoms. The molecule has 380 valence electrons. The van der Waals surface area contributed by atoms with Gasteiger partial charge in [0.2, 0.25) is 11.2 Å². The third kappa shape index (κ3) is 13.6. The van der Waals surface area contributed by atoms with Crippen LogP contribution < -0.4 is 21.7 Å². The van der Waals surface area contributed by atoms with E-state index in [1.807, 2.05) is 119 Å². The van der Waals surface area contributed by atoms with Crippen LogP contribution >= 0.6 is 11.6 Å². The predicted molar refractivity (Wildman–Crippen MR) is 287 cm³/mol. The fourth-order valence-electron chi connectivity index (χ4n) is 9.73. The molecule has 0 aliphatic heterocycles. The number of ether oxygens (including phenoxy) is 2. The molecule has 4 atom stereocenters. The lowest BCUT2D eigenvalue weighted by atomic mass is 9.80. The van der Waals surface area contributed by atoms with Crippen molar-refractivity contribution in [2.24, 2.45) is 5.73 Å². The van der Waals surface area contributed by atoms with E-state index in [1.165, 1.54) is 0 Å². The average molecular weight is 1010 g/mol. The molecule has 7 N–H and O–H groups in total. The van der Waals surface area contributed by atoms with E-state index in [0.29, 0.717) is 12.6 Å². The number of benzene rings is 4. The highest BCUT2D eigenvalue weighted by Crippen LogP contribution is 2.33. The number of nitrogens with zero attached hydrogens (tertiary/aromatic N) is 6. The maximum Gasteiger partial charge on any atom is 0.407 e. The second kappa shape index (κ2) is 23.4. The Hall–Kier alpha value is -7.43. The van der Waals surface area contributed by atoms with Crippen LogP contribution in [0.5, 0.6) is 0 Å². The molecule has 4 aromatic heterocycles. The van der Waals surface area contributed by atoms with Gasteiger partial charge in [-0.1, -0.05) is 97.1 Å². The summed E-state index contributed by atoms with van der Waals surface area (Å²) in [7, 11) is 0. The van der Waals surface area contributed by atoms with Gasteiger partial charge in [-0.05, 0) is 138 Å². The Morgan fingerprint density at radius 3 is 1.67 bits per heavy atom. The molecule has 0 saturated heterocycles. The van der Waals surface area contributed by atoms with Crippen molar-refractivity contribution in [3.05, 3.63) is 148 Å². The van der Waals surface area contributed by atoms with Crippen molar-refractivity contribution in [2.75, 3.05) is 5.32 Å². The Kier molecular flexibility index (Phi) is 16.6. The number of aromatic nitrogens is 8. The number of halogens is 1. The molecular formula is C56H65ClN12O4. The highest BCUT2D eigenvalue weighted by Gasteiger charge is 2.35. The minimum Gasteiger partial charge on any atom is -0.445 e. The molecule has 10 rings (SSSR count). The number of nitrogens with two attached hydrogens (primary N) is 1. The molecule has 16 nitrogen and oxygen atoms in total. The van der Waals surface area contributed by atoms with Gasteiger partial charge in [0.05, 0.1) is 33.8 Å². The third-order valence-electron chi connectivity index (χ3n) is 13.5. The predicted octanol–water partition coefficient (Wildman–Crippen LogP) is 11.5. The van der Waals surface area contributed by atoms with Gasteiger partial charge in [-0.25, -0.2) is 29.5 Å². The number of carbonyl (C=O) groups excluding carboxylic acids is 2. The normalized spacial score (nSPS) is 19.4. The lowest BCUT2D eigenvalue weighted by Gasteiger charge is -2.38. The van der Waals surface area contributed by atoms with Crippen molar-refractivity contribution < 1.29 is 19.1 Å². The first-order valence-electron chi connectivity index (χ1n) is 24.8. The van der Waals surface area contributed by atoms with Crippen LogP contribution in [-0.4, -0.2) is 75.7 Å². The number of rotatable bonds is 10. The second-order valence-electron chi connectivity index (χ2n) is 19.8. The standard InChI is InChI=1S/C28H32N6O2.C15H22N2O2.C13H11ClN4/c1-18-9-7-13-22-23(18)33-34-25(22)24-19(2)16-29-26(31-24)30-21-12-8-14-28(3,15-21)32-27(35)36-17-20-10-5-4-6-11-20;1-15(9-5-8-13(16)10-15)17-14(18)19-11-12-6-3-2-4-7-12;1-7-4-3-5-9-10(7)17-18-12(9)11-8(2)6-15-13(14)16-11/h4-7,9-11,13,16,21H,8,12,14-15,17H2,1-3H3,(H,32,35)(H,33,34)(H,29,30,31);2-4,6-7,13H,5,8-11,16H2,1H3,(H,17,18);3-6H,1-2H3,(H,17,18)/t21-,28+;13-,15+;/m11./s1. The smallest absolute Gasteiger partial charge is 0.407 e. The second-order valence-corrected chi connectivity index (χ2v) is 20.2. The molecule has 0 spiro atoms. The van der Waals surface area contributed by atoms with Crippen molar-refractivity contribution in [3.8, 4) is 22.8 Å². The first-order chi connectivity index (χ1) is 35.1. The lowest BCUT2D eigenvalue weighted by molar-refractivity contribution is 0.118. The van der Waals surface area contributed by atoms with Gasteiger partial charge in [0, 0.05) is 46.3 Å². The van der Waals surface area contributed by atoms with E-state index >= 15 is 0 Å². The Bertz CT molecular complexity index is 3150. The molecule has 0 radical (unpaired) electrons. The molecular weight excluding hydrogens is 940 g/mol. The summed E-state index contributed by atoms with van der Waals surface area (Å²) in [4.78, 5) is 42.0. The number of fused-ring (bicyclic) bond motifs is 2. The van der Waals surface area contributed by atoms with Crippen LogP contribution in [0.3, 0.4) is 0 Å². The van der Waals surface area contributed by atoms with Crippen molar-refractivity contribution >= 4 is 51.5 Å². The van der Waals surface area contributed by atoms with Crippen molar-refractivity contribution in [1.82, 2.24) is 51.0 Å². The summed E-state index contributed by atoms with van der Waals surface area (Å²) >= 11 is 5.86. The lowest BCUT2D eigenvalue weighted by Crippen LogP contribution is -2.51. The van der Waals surface area contributed by atoms with Crippen molar-refractivity contribution in [3.63, 3.8) is 0 Å². The molecule has 73 heavy (non-hydrogen) atoms. The number of H-pyrrole nitrogens is 2. The van der Waals surface area contributed by atoms with Crippen LogP contribution in [-0.2, 0) is 22.7 Å². The van der Waals surface area contributed by atoms with Crippen LogP contribution in [0.4, 0.5) is 15.5 Å². The number of hydrogen-bond acceptors (Lipinski definition) is 12. The maximum absolute atomic E-state index is 12.5. The first-order valence-corrected chi connectivity index (χ1v) is 25.2. The number of nitrogens with one attached hydrogen (secondary N) is 5. The summed E-state index contributed by atoms with van der Waals surface area (Å²) in [5.41, 5.74) is 16.8. The highest BCUT2D eigenvalue weighted by molar-refractivity contribution is 6.28. The number of carbonyl (C=O) groups is 2. The molecule has 0 bridgehead atoms. The van der Waals surface area contributed by atoms with E-state index in [9.17, 15) is 9.59 Å². The van der Waals surface area contributed by atoms with Gasteiger partial charge < -0.3 is 31.2 Å². The zero-order valence-electron chi connectivity index (χ0n) is 42.4. The quantitative estimate of drug-likeness (QED) is 0.0704. The van der Waals surface area contributed by atoms with E-state index < -0.39 is 6.09 Å². The van der Waals surface area contributed by atoms with E-state index in [2.05, 4.69) is 77.3 Å². The summed E-state index contributed by atoms with van der Waals surface area (Å²) in [5.74, 6) is 0.576. The van der Waals surface area contributed by atoms with Crippen LogP contribution in [0.2, 0.25) is 5.28 Å². The molecule has 8 aromatic rings. The first kappa shape index (κ1) is 51.9. The van der Waals surface area contributed by atoms with E-state index in [-0.39, 0.29) is 41.1 Å². The number of anilines is 1. The molecule has 4 aromatic carbocycles. The molecule has 2 saturated carbocycles. The molecule has 2 fully saturated rings. The maximum atomic E-state index is 12.5. The Labute approximate surface area is 431 Å². The molecule has 4 heterocycles. The highest BCUT2D eigenvalue weighted by atomic mass is 35.5. The number of amides is 2. The van der Waals surface area contributed by atoms with Gasteiger partial charge in [-0.15, -0.1) is 0 Å². The van der Waals surface area contributed by atoms with Gasteiger partial charge in [0.15, 0.2) is 0 Å². The zero-order chi connectivity index (χ0) is 51.5. The van der Waals surface area contributed by atoms with Crippen LogP contribution in [0.1, 0.15) is 98.6 Å². The Morgan fingerprint density at radius 1 is 0.644 bits per heavy atom. The number of hydrogen-bond donors (Lipinski definition) is 6. The fraction of sp³-hybridized carbons (Fsp3) is 0.357. The van der Waals surface area contributed by atoms with Crippen molar-refractivity contribution in [2.45, 2.75) is 129 Å². The topological polar surface area (TPSA) is 224 Å². The number of aromatic amines is 2. The molecule has 2 amide bonds. The van der Waals surface area contributed by atoms with E-state index in [4.69, 9.17) is 31.8 Å².